The summed E-state index contributed by atoms with van der Waals surface area (Å²) >= 11 is 6.24. The van der Waals surface area contributed by atoms with Crippen LogP contribution >= 0.6 is 11.6 Å². The quantitative estimate of drug-likeness (QED) is 0.616. The van der Waals surface area contributed by atoms with E-state index >= 15 is 0 Å². The normalized spacial score (nSPS) is 18.6. The van der Waals surface area contributed by atoms with Gasteiger partial charge in [-0.15, -0.1) is 0 Å². The number of fused-ring (bicyclic) bond motifs is 1. The van der Waals surface area contributed by atoms with Gasteiger partial charge in [-0.1, -0.05) is 24.4 Å². The summed E-state index contributed by atoms with van der Waals surface area (Å²) in [5, 5.41) is 0.427. The summed E-state index contributed by atoms with van der Waals surface area (Å²) in [6.07, 6.45) is 9.27. The largest absolute Gasteiger partial charge is 0.489 e. The minimum Gasteiger partial charge on any atom is -0.489 e. The number of allylic oxidation sites excluding steroid dienone is 1. The first kappa shape index (κ1) is 16.2. The first-order valence-electron chi connectivity index (χ1n) is 8.30. The number of benzene rings is 1. The van der Waals surface area contributed by atoms with Crippen molar-refractivity contribution in [2.75, 3.05) is 26.3 Å². The average molecular weight is 336 g/mol. The molecular weight excluding hydrogens is 314 g/mol. The molecule has 4 nitrogen and oxygen atoms in total. The van der Waals surface area contributed by atoms with E-state index in [1.807, 2.05) is 6.20 Å². The lowest BCUT2D eigenvalue weighted by Crippen LogP contribution is -2.18. The van der Waals surface area contributed by atoms with Crippen LogP contribution in [-0.2, 0) is 0 Å². The molecule has 0 aromatic heterocycles. The van der Waals surface area contributed by atoms with Crippen molar-refractivity contribution >= 4 is 17.4 Å². The Morgan fingerprint density at radius 1 is 1.04 bits per heavy atom. The number of hydrogen-bond donors (Lipinski definition) is 0. The van der Waals surface area contributed by atoms with Gasteiger partial charge in [0.1, 0.15) is 0 Å². The maximum Gasteiger partial charge on any atom is 0.187 e. The second kappa shape index (κ2) is 7.73. The van der Waals surface area contributed by atoms with Gasteiger partial charge in [0.15, 0.2) is 17.3 Å². The number of ether oxygens (including phenoxy) is 2. The van der Waals surface area contributed by atoms with Crippen LogP contribution in [0.1, 0.15) is 42.5 Å². The first-order chi connectivity index (χ1) is 11.2. The summed E-state index contributed by atoms with van der Waals surface area (Å²) in [6, 6.07) is 3.38. The van der Waals surface area contributed by atoms with Gasteiger partial charge in [-0.3, -0.25) is 4.79 Å². The molecule has 0 aliphatic carbocycles. The van der Waals surface area contributed by atoms with Crippen molar-refractivity contribution in [2.45, 2.75) is 32.1 Å². The molecule has 0 spiro atoms. The van der Waals surface area contributed by atoms with Gasteiger partial charge in [-0.25, -0.2) is 0 Å². The van der Waals surface area contributed by atoms with Crippen LogP contribution in [0.25, 0.3) is 0 Å². The van der Waals surface area contributed by atoms with Gasteiger partial charge in [-0.05, 0) is 25.0 Å². The smallest absolute Gasteiger partial charge is 0.187 e. The monoisotopic (exact) mass is 335 g/mol. The molecule has 1 fully saturated rings. The fourth-order valence-electron chi connectivity index (χ4n) is 2.89. The fourth-order valence-corrected chi connectivity index (χ4v) is 3.15. The van der Waals surface area contributed by atoms with Gasteiger partial charge in [0.05, 0.1) is 18.2 Å². The van der Waals surface area contributed by atoms with E-state index < -0.39 is 0 Å². The van der Waals surface area contributed by atoms with E-state index in [0.717, 1.165) is 19.5 Å². The summed E-state index contributed by atoms with van der Waals surface area (Å²) in [6.45, 7) is 3.19. The van der Waals surface area contributed by atoms with Crippen molar-refractivity contribution in [1.29, 1.82) is 0 Å². The molecule has 1 aromatic carbocycles. The summed E-state index contributed by atoms with van der Waals surface area (Å²) in [5.41, 5.74) is 0.533. The Balaban J connectivity index is 1.74. The molecule has 0 radical (unpaired) electrons. The van der Waals surface area contributed by atoms with Gasteiger partial charge in [-0.2, -0.15) is 0 Å². The Hall–Kier alpha value is -1.68. The van der Waals surface area contributed by atoms with Crippen LogP contribution in [0.3, 0.4) is 0 Å². The summed E-state index contributed by atoms with van der Waals surface area (Å²) in [7, 11) is 0. The van der Waals surface area contributed by atoms with Gasteiger partial charge in [0, 0.05) is 37.3 Å². The second-order valence-electron chi connectivity index (χ2n) is 5.97. The highest BCUT2D eigenvalue weighted by Gasteiger charge is 2.17. The standard InChI is InChI=1S/C18H22ClNO3/c19-15-12-14(13-17-18(15)23-11-5-10-22-17)16(21)6-9-20-7-3-1-2-4-8-20/h6,9,12-13H,1-5,7-8,10-11H2/b9-6+. The van der Waals surface area contributed by atoms with E-state index in [2.05, 4.69) is 4.90 Å². The summed E-state index contributed by atoms with van der Waals surface area (Å²) < 4.78 is 11.2. The van der Waals surface area contributed by atoms with Gasteiger partial charge in [0.2, 0.25) is 0 Å². The predicted octanol–water partition coefficient (Wildman–Crippen LogP) is 4.07. The van der Waals surface area contributed by atoms with Crippen molar-refractivity contribution in [3.63, 3.8) is 0 Å². The van der Waals surface area contributed by atoms with Gasteiger partial charge < -0.3 is 14.4 Å². The van der Waals surface area contributed by atoms with Crippen LogP contribution in [0.4, 0.5) is 0 Å². The highest BCUT2D eigenvalue weighted by atomic mass is 35.5. The third kappa shape index (κ3) is 4.20. The SMILES string of the molecule is O=C(/C=C/N1CCCCCC1)c1cc(Cl)c2c(c1)OCCCO2. The molecule has 0 N–H and O–H groups in total. The van der Waals surface area contributed by atoms with E-state index in [1.54, 1.807) is 18.2 Å². The molecule has 2 heterocycles. The lowest BCUT2D eigenvalue weighted by molar-refractivity contribution is 0.104. The second-order valence-corrected chi connectivity index (χ2v) is 6.37. The zero-order valence-corrected chi connectivity index (χ0v) is 14.0. The fraction of sp³-hybridized carbons (Fsp3) is 0.500. The third-order valence-electron chi connectivity index (χ3n) is 4.16. The molecular formula is C18H22ClNO3. The Bertz CT molecular complexity index is 592. The van der Waals surface area contributed by atoms with Crippen molar-refractivity contribution in [2.24, 2.45) is 0 Å². The average Bonchev–Trinajstić information content (AvgIpc) is 2.95. The lowest BCUT2D eigenvalue weighted by Gasteiger charge is -2.16. The van der Waals surface area contributed by atoms with Crippen LogP contribution in [0.15, 0.2) is 24.4 Å². The molecule has 1 saturated heterocycles. The minimum atomic E-state index is -0.0632. The molecule has 0 atom stereocenters. The number of rotatable bonds is 3. The summed E-state index contributed by atoms with van der Waals surface area (Å²) in [5.74, 6) is 1.03. The molecule has 3 rings (SSSR count). The molecule has 124 valence electrons. The van der Waals surface area contributed by atoms with Crippen molar-refractivity contribution in [3.8, 4) is 11.5 Å². The number of hydrogen-bond acceptors (Lipinski definition) is 4. The van der Waals surface area contributed by atoms with E-state index in [-0.39, 0.29) is 5.78 Å². The molecule has 0 saturated carbocycles. The molecule has 2 aliphatic heterocycles. The number of ketones is 1. The molecule has 0 bridgehead atoms. The van der Waals surface area contributed by atoms with Crippen LogP contribution < -0.4 is 9.47 Å². The van der Waals surface area contributed by atoms with Crippen molar-refractivity contribution in [1.82, 2.24) is 4.90 Å². The first-order valence-corrected chi connectivity index (χ1v) is 8.67. The number of carbonyl (C=O) groups is 1. The molecule has 0 unspecified atom stereocenters. The van der Waals surface area contributed by atoms with Gasteiger partial charge in [0.25, 0.3) is 0 Å². The predicted molar refractivity (Wildman–Crippen MR) is 90.6 cm³/mol. The lowest BCUT2D eigenvalue weighted by atomic mass is 10.1. The third-order valence-corrected chi connectivity index (χ3v) is 4.44. The number of likely N-dealkylation sites (tertiary alicyclic amines) is 1. The van der Waals surface area contributed by atoms with Crippen LogP contribution in [0.5, 0.6) is 11.5 Å². The summed E-state index contributed by atoms with van der Waals surface area (Å²) in [4.78, 5) is 14.6. The maximum atomic E-state index is 12.4. The molecule has 0 amide bonds. The van der Waals surface area contributed by atoms with E-state index in [4.69, 9.17) is 21.1 Å². The Morgan fingerprint density at radius 2 is 1.78 bits per heavy atom. The van der Waals surface area contributed by atoms with Crippen molar-refractivity contribution < 1.29 is 14.3 Å². The van der Waals surface area contributed by atoms with E-state index in [0.29, 0.717) is 35.3 Å². The van der Waals surface area contributed by atoms with E-state index in [9.17, 15) is 4.79 Å². The van der Waals surface area contributed by atoms with Gasteiger partial charge >= 0.3 is 0 Å². The number of carbonyl (C=O) groups excluding carboxylic acids is 1. The molecule has 2 aliphatic rings. The van der Waals surface area contributed by atoms with Crippen LogP contribution in [-0.4, -0.2) is 37.0 Å². The van der Waals surface area contributed by atoms with Crippen LogP contribution in [0.2, 0.25) is 5.02 Å². The molecule has 23 heavy (non-hydrogen) atoms. The molecule has 1 aromatic rings. The Labute approximate surface area is 142 Å². The topological polar surface area (TPSA) is 38.8 Å². The zero-order chi connectivity index (χ0) is 16.1. The zero-order valence-electron chi connectivity index (χ0n) is 13.2. The highest BCUT2D eigenvalue weighted by molar-refractivity contribution is 6.32. The molecule has 5 heteroatoms. The minimum absolute atomic E-state index is 0.0632. The number of nitrogens with zero attached hydrogens (tertiary/aromatic N) is 1. The maximum absolute atomic E-state index is 12.4. The highest BCUT2D eigenvalue weighted by Crippen LogP contribution is 2.38. The van der Waals surface area contributed by atoms with Crippen molar-refractivity contribution in [3.05, 3.63) is 35.0 Å². The Morgan fingerprint density at radius 3 is 2.57 bits per heavy atom. The number of halogens is 1. The van der Waals surface area contributed by atoms with E-state index in [1.165, 1.54) is 25.7 Å². The Kier molecular flexibility index (Phi) is 5.44. The van der Waals surface area contributed by atoms with Crippen LogP contribution in [0, 0.1) is 0 Å².